The van der Waals surface area contributed by atoms with Crippen LogP contribution in [-0.4, -0.2) is 23.8 Å². The normalized spacial score (nSPS) is 12.9. The Morgan fingerprint density at radius 1 is 1.20 bits per heavy atom. The van der Waals surface area contributed by atoms with Gasteiger partial charge in [0, 0.05) is 25.1 Å². The first-order valence-electron chi connectivity index (χ1n) is 10.5. The molecule has 0 bridgehead atoms. The van der Waals surface area contributed by atoms with E-state index in [1.807, 2.05) is 6.08 Å². The molecule has 0 aliphatic carbocycles. The van der Waals surface area contributed by atoms with E-state index in [9.17, 15) is 0 Å². The highest BCUT2D eigenvalue weighted by Crippen LogP contribution is 2.34. The molecule has 3 heteroatoms. The number of benzene rings is 2. The number of nitrogens with zero attached hydrogens (tertiary/aromatic N) is 2. The summed E-state index contributed by atoms with van der Waals surface area (Å²) in [4.78, 5) is 7.04. The van der Waals surface area contributed by atoms with Gasteiger partial charge < -0.3 is 10.6 Å². The second-order valence-corrected chi connectivity index (χ2v) is 8.01. The molecule has 0 spiro atoms. The van der Waals surface area contributed by atoms with Crippen molar-refractivity contribution in [1.82, 2.24) is 4.90 Å². The largest absolute Gasteiger partial charge is 0.387 e. The molecule has 0 aromatic heterocycles. The monoisotopic (exact) mass is 397 g/mol. The summed E-state index contributed by atoms with van der Waals surface area (Å²) in [5, 5.41) is 0. The molecule has 0 fully saturated rings. The number of fused-ring (bicyclic) bond motifs is 1. The van der Waals surface area contributed by atoms with Gasteiger partial charge in [0.15, 0.2) is 0 Å². The second-order valence-electron chi connectivity index (χ2n) is 8.01. The molecule has 0 saturated heterocycles. The van der Waals surface area contributed by atoms with E-state index in [-0.39, 0.29) is 0 Å². The molecule has 0 unspecified atom stereocenters. The van der Waals surface area contributed by atoms with Crippen LogP contribution in [0.2, 0.25) is 0 Å². The van der Waals surface area contributed by atoms with Gasteiger partial charge in [-0.25, -0.2) is 4.99 Å². The summed E-state index contributed by atoms with van der Waals surface area (Å²) in [5.41, 5.74) is 16.9. The van der Waals surface area contributed by atoms with Crippen LogP contribution >= 0.6 is 0 Å². The molecular weight excluding hydrogens is 366 g/mol. The van der Waals surface area contributed by atoms with Gasteiger partial charge in [0.25, 0.3) is 0 Å². The van der Waals surface area contributed by atoms with Crippen molar-refractivity contribution in [1.29, 1.82) is 0 Å². The molecule has 3 nitrogen and oxygen atoms in total. The summed E-state index contributed by atoms with van der Waals surface area (Å²) in [5.74, 6) is 1.15. The first-order chi connectivity index (χ1) is 14.4. The number of amidine groups is 1. The predicted molar refractivity (Wildman–Crippen MR) is 131 cm³/mol. The van der Waals surface area contributed by atoms with Crippen molar-refractivity contribution < 1.29 is 0 Å². The standard InChI is InChI=1S/C27H31N3/c1-6-20-9-11-21(12-10-20)22-13-14-23-15-24(17-27(28)29-25(23)16-22)26(7-2)30(8-3)18-19(4)5/h6,9-16,19H,1-2,8,17-18H2,3-5H3,(H2,28,29). The van der Waals surface area contributed by atoms with Crippen LogP contribution in [-0.2, 0) is 0 Å². The van der Waals surface area contributed by atoms with E-state index in [2.05, 4.69) is 93.1 Å². The van der Waals surface area contributed by atoms with Crippen molar-refractivity contribution in [3.8, 4) is 11.1 Å². The molecule has 2 aromatic rings. The van der Waals surface area contributed by atoms with Crippen LogP contribution in [0.4, 0.5) is 5.69 Å². The van der Waals surface area contributed by atoms with Gasteiger partial charge in [0.2, 0.25) is 0 Å². The maximum Gasteiger partial charge on any atom is 0.104 e. The van der Waals surface area contributed by atoms with E-state index in [1.54, 1.807) is 0 Å². The quantitative estimate of drug-likeness (QED) is 0.548. The third-order valence-corrected chi connectivity index (χ3v) is 5.23. The molecule has 3 rings (SSSR count). The minimum Gasteiger partial charge on any atom is -0.387 e. The van der Waals surface area contributed by atoms with E-state index < -0.39 is 0 Å². The minimum absolute atomic E-state index is 0.549. The van der Waals surface area contributed by atoms with Crippen LogP contribution in [0.3, 0.4) is 0 Å². The molecule has 1 aliphatic rings. The number of allylic oxidation sites excluding steroid dienone is 1. The summed E-state index contributed by atoms with van der Waals surface area (Å²) in [7, 11) is 0. The first kappa shape index (κ1) is 21.4. The van der Waals surface area contributed by atoms with E-state index in [1.165, 1.54) is 0 Å². The third-order valence-electron chi connectivity index (χ3n) is 5.23. The molecular formula is C27H31N3. The van der Waals surface area contributed by atoms with Crippen LogP contribution in [0, 0.1) is 5.92 Å². The number of aliphatic imine (C=N–C) groups is 1. The Bertz CT molecular complexity index is 1030. The summed E-state index contributed by atoms with van der Waals surface area (Å²) >= 11 is 0. The topological polar surface area (TPSA) is 41.6 Å². The number of hydrogen-bond acceptors (Lipinski definition) is 3. The lowest BCUT2D eigenvalue weighted by Crippen LogP contribution is -2.28. The van der Waals surface area contributed by atoms with E-state index in [4.69, 9.17) is 10.7 Å². The van der Waals surface area contributed by atoms with Crippen LogP contribution in [0.5, 0.6) is 0 Å². The van der Waals surface area contributed by atoms with Gasteiger partial charge in [-0.1, -0.05) is 69.5 Å². The lowest BCUT2D eigenvalue weighted by atomic mass is 9.99. The fourth-order valence-electron chi connectivity index (χ4n) is 3.78. The molecule has 0 radical (unpaired) electrons. The Morgan fingerprint density at radius 2 is 1.90 bits per heavy atom. The van der Waals surface area contributed by atoms with Crippen LogP contribution in [0.25, 0.3) is 23.3 Å². The molecule has 0 saturated carbocycles. The SMILES string of the molecule is C=C=C(C1=Cc2ccc(-c3ccc(C=C)cc3)cc2N=C(N)C1)N(CC)CC(C)C. The van der Waals surface area contributed by atoms with Crippen LogP contribution in [0.1, 0.15) is 38.3 Å². The van der Waals surface area contributed by atoms with Crippen molar-refractivity contribution in [2.24, 2.45) is 16.6 Å². The molecule has 30 heavy (non-hydrogen) atoms. The number of hydrogen-bond donors (Lipinski definition) is 1. The Kier molecular flexibility index (Phi) is 6.76. The Balaban J connectivity index is 2.01. The van der Waals surface area contributed by atoms with Crippen molar-refractivity contribution in [2.75, 3.05) is 13.1 Å². The number of likely N-dealkylation sites (N-methyl/N-ethyl adjacent to an activating group) is 1. The number of nitrogens with two attached hydrogens (primary N) is 1. The Morgan fingerprint density at radius 3 is 2.50 bits per heavy atom. The first-order valence-corrected chi connectivity index (χ1v) is 10.5. The summed E-state index contributed by atoms with van der Waals surface area (Å²) in [6.45, 7) is 16.2. The van der Waals surface area contributed by atoms with Crippen LogP contribution < -0.4 is 5.73 Å². The average molecular weight is 398 g/mol. The molecule has 154 valence electrons. The number of rotatable bonds is 7. The lowest BCUT2D eigenvalue weighted by Gasteiger charge is -2.28. The fraction of sp³-hybridized carbons (Fsp3) is 0.259. The summed E-state index contributed by atoms with van der Waals surface area (Å²) < 4.78 is 0. The smallest absolute Gasteiger partial charge is 0.104 e. The van der Waals surface area contributed by atoms with Crippen molar-refractivity contribution in [3.63, 3.8) is 0 Å². The third kappa shape index (κ3) is 4.82. The molecule has 1 heterocycles. The summed E-state index contributed by atoms with van der Waals surface area (Å²) in [6, 6.07) is 14.7. The fourth-order valence-corrected chi connectivity index (χ4v) is 3.78. The van der Waals surface area contributed by atoms with Gasteiger partial charge in [0.1, 0.15) is 5.84 Å². The Labute approximate surface area is 180 Å². The van der Waals surface area contributed by atoms with Gasteiger partial charge in [-0.05, 0) is 47.2 Å². The van der Waals surface area contributed by atoms with Gasteiger partial charge in [-0.3, -0.25) is 0 Å². The molecule has 2 N–H and O–H groups in total. The van der Waals surface area contributed by atoms with Crippen molar-refractivity contribution in [3.05, 3.63) is 83.8 Å². The lowest BCUT2D eigenvalue weighted by molar-refractivity contribution is 0.324. The maximum atomic E-state index is 6.32. The highest BCUT2D eigenvalue weighted by atomic mass is 15.1. The zero-order valence-electron chi connectivity index (χ0n) is 18.3. The molecule has 0 atom stereocenters. The molecule has 1 aliphatic heterocycles. The minimum atomic E-state index is 0.549. The van der Waals surface area contributed by atoms with Gasteiger partial charge in [-0.15, -0.1) is 5.73 Å². The van der Waals surface area contributed by atoms with Gasteiger partial charge in [0.05, 0.1) is 11.4 Å². The van der Waals surface area contributed by atoms with Crippen molar-refractivity contribution in [2.45, 2.75) is 27.2 Å². The zero-order chi connectivity index (χ0) is 21.7. The molecule has 0 amide bonds. The molecule has 2 aromatic carbocycles. The van der Waals surface area contributed by atoms with Crippen molar-refractivity contribution >= 4 is 23.7 Å². The van der Waals surface area contributed by atoms with E-state index in [0.717, 1.165) is 52.3 Å². The predicted octanol–water partition coefficient (Wildman–Crippen LogP) is 6.42. The highest BCUT2D eigenvalue weighted by molar-refractivity contribution is 5.92. The summed E-state index contributed by atoms with van der Waals surface area (Å²) in [6.07, 6.45) is 4.62. The van der Waals surface area contributed by atoms with Gasteiger partial charge in [-0.2, -0.15) is 0 Å². The Hall–Kier alpha value is -3.29. The average Bonchev–Trinajstić information content (AvgIpc) is 2.90. The maximum absolute atomic E-state index is 6.32. The highest BCUT2D eigenvalue weighted by Gasteiger charge is 2.18. The van der Waals surface area contributed by atoms with E-state index in [0.29, 0.717) is 18.2 Å². The second kappa shape index (κ2) is 9.47. The van der Waals surface area contributed by atoms with E-state index >= 15 is 0 Å². The van der Waals surface area contributed by atoms with Crippen LogP contribution in [0.15, 0.2) is 77.6 Å². The zero-order valence-corrected chi connectivity index (χ0v) is 18.3. The van der Waals surface area contributed by atoms with Gasteiger partial charge >= 0.3 is 0 Å².